The Morgan fingerprint density at radius 2 is 0.852 bits per heavy atom. The number of aromatic nitrogens is 5. The average Bonchev–Trinajstić information content (AvgIpc) is 3.74. The van der Waals surface area contributed by atoms with Gasteiger partial charge in [-0.25, -0.2) is 0 Å². The number of hydrogen-bond acceptors (Lipinski definition) is 3. The molecule has 3 aromatic heterocycles. The van der Waals surface area contributed by atoms with Crippen LogP contribution in [0.15, 0.2) is 146 Å². The standard InChI is InChI=1S/C49H39N5/c1-2-12-34(13-3-1)40-27-35(22-23-41(40)49-28-31-24-32(29-49)26-33(25-31)30-49)46-50-47(53-42-18-8-4-14-36(42)37-15-5-9-19-43(37)53)52-48(51-46)54-44-20-10-6-16-38(44)39-17-7-11-21-45(39)54/h1-23,27,31-33H,24-26,28-30H2. The molecule has 5 nitrogen and oxygen atoms in total. The summed E-state index contributed by atoms with van der Waals surface area (Å²) in [5.41, 5.74) is 9.68. The van der Waals surface area contributed by atoms with Gasteiger partial charge < -0.3 is 0 Å². The van der Waals surface area contributed by atoms with Crippen molar-refractivity contribution in [2.75, 3.05) is 0 Å². The smallest absolute Gasteiger partial charge is 0.240 e. The summed E-state index contributed by atoms with van der Waals surface area (Å²) >= 11 is 0. The molecule has 13 rings (SSSR count). The first-order valence-electron chi connectivity index (χ1n) is 19.6. The summed E-state index contributed by atoms with van der Waals surface area (Å²) in [6, 6.07) is 52.5. The van der Waals surface area contributed by atoms with Crippen molar-refractivity contribution in [3.63, 3.8) is 0 Å². The Balaban J connectivity index is 1.13. The highest BCUT2D eigenvalue weighted by atomic mass is 15.3. The molecule has 0 unspecified atom stereocenters. The predicted molar refractivity (Wildman–Crippen MR) is 219 cm³/mol. The Morgan fingerprint density at radius 3 is 1.31 bits per heavy atom. The molecule has 9 aromatic rings. The first-order valence-corrected chi connectivity index (χ1v) is 19.6. The molecule has 0 saturated heterocycles. The predicted octanol–water partition coefficient (Wildman–Crippen LogP) is 11.9. The number of nitrogens with zero attached hydrogens (tertiary/aromatic N) is 5. The van der Waals surface area contributed by atoms with Gasteiger partial charge in [-0.3, -0.25) is 9.13 Å². The van der Waals surface area contributed by atoms with Crippen molar-refractivity contribution in [3.05, 3.63) is 151 Å². The molecule has 54 heavy (non-hydrogen) atoms. The van der Waals surface area contributed by atoms with Crippen LogP contribution in [0.4, 0.5) is 0 Å². The highest BCUT2D eigenvalue weighted by Gasteiger charge is 2.52. The number of rotatable bonds is 5. The van der Waals surface area contributed by atoms with Crippen LogP contribution in [0, 0.1) is 17.8 Å². The van der Waals surface area contributed by atoms with Crippen LogP contribution in [0.25, 0.3) is 78.0 Å². The van der Waals surface area contributed by atoms with Gasteiger partial charge >= 0.3 is 0 Å². The summed E-state index contributed by atoms with van der Waals surface area (Å²) in [6.07, 6.45) is 8.25. The van der Waals surface area contributed by atoms with Gasteiger partial charge in [0.1, 0.15) is 0 Å². The van der Waals surface area contributed by atoms with Crippen molar-refractivity contribution in [2.24, 2.45) is 17.8 Å². The minimum absolute atomic E-state index is 0.250. The quantitative estimate of drug-likeness (QED) is 0.180. The van der Waals surface area contributed by atoms with Crippen LogP contribution in [0.1, 0.15) is 44.1 Å². The zero-order valence-electron chi connectivity index (χ0n) is 30.1. The van der Waals surface area contributed by atoms with Gasteiger partial charge in [0, 0.05) is 27.1 Å². The summed E-state index contributed by atoms with van der Waals surface area (Å²) < 4.78 is 4.43. The van der Waals surface area contributed by atoms with Gasteiger partial charge in [-0.15, -0.1) is 0 Å². The normalized spacial score (nSPS) is 21.9. The molecule has 260 valence electrons. The first kappa shape index (κ1) is 30.4. The van der Waals surface area contributed by atoms with Crippen LogP contribution < -0.4 is 0 Å². The largest absolute Gasteiger partial charge is 0.278 e. The van der Waals surface area contributed by atoms with Crippen molar-refractivity contribution in [1.29, 1.82) is 0 Å². The molecule has 0 amide bonds. The molecule has 0 aliphatic heterocycles. The van der Waals surface area contributed by atoms with E-state index in [0.717, 1.165) is 45.4 Å². The Kier molecular flexibility index (Phi) is 6.45. The maximum absolute atomic E-state index is 5.40. The van der Waals surface area contributed by atoms with Gasteiger partial charge in [0.2, 0.25) is 11.9 Å². The molecular weight excluding hydrogens is 659 g/mol. The van der Waals surface area contributed by atoms with Crippen molar-refractivity contribution in [2.45, 2.75) is 43.9 Å². The van der Waals surface area contributed by atoms with E-state index in [4.69, 9.17) is 15.0 Å². The lowest BCUT2D eigenvalue weighted by Gasteiger charge is -2.57. The second-order valence-corrected chi connectivity index (χ2v) is 16.3. The fourth-order valence-electron chi connectivity index (χ4n) is 11.4. The van der Waals surface area contributed by atoms with Crippen molar-refractivity contribution < 1.29 is 0 Å². The molecule has 0 spiro atoms. The SMILES string of the molecule is c1ccc(-c2cc(-c3nc(-n4c5ccccc5c5ccccc54)nc(-n4c5ccccc5c5ccccc54)n3)ccc2C23CC4CC(CC(C4)C2)C3)cc1. The van der Waals surface area contributed by atoms with E-state index >= 15 is 0 Å². The van der Waals surface area contributed by atoms with Crippen LogP contribution in [0.2, 0.25) is 0 Å². The zero-order valence-corrected chi connectivity index (χ0v) is 30.1. The molecular formula is C49H39N5. The number of para-hydroxylation sites is 4. The molecule has 0 radical (unpaired) electrons. The Bertz CT molecular complexity index is 2660. The molecule has 4 fully saturated rings. The third-order valence-corrected chi connectivity index (χ3v) is 13.1. The number of hydrogen-bond donors (Lipinski definition) is 0. The van der Waals surface area contributed by atoms with E-state index in [2.05, 4.69) is 155 Å². The van der Waals surface area contributed by atoms with Crippen LogP contribution in [0.5, 0.6) is 0 Å². The van der Waals surface area contributed by atoms with E-state index < -0.39 is 0 Å². The van der Waals surface area contributed by atoms with E-state index in [-0.39, 0.29) is 5.41 Å². The number of benzene rings is 6. The molecule has 4 aliphatic carbocycles. The van der Waals surface area contributed by atoms with E-state index in [9.17, 15) is 0 Å². The third kappa shape index (κ3) is 4.48. The molecule has 0 N–H and O–H groups in total. The molecule has 3 heterocycles. The van der Waals surface area contributed by atoms with Crippen LogP contribution in [0.3, 0.4) is 0 Å². The lowest BCUT2D eigenvalue weighted by molar-refractivity contribution is -0.00491. The summed E-state index contributed by atoms with van der Waals surface area (Å²) in [5, 5.41) is 4.72. The second kappa shape index (κ2) is 11.5. The van der Waals surface area contributed by atoms with Crippen LogP contribution in [-0.4, -0.2) is 24.1 Å². The Hall–Kier alpha value is -6.07. The molecule has 4 saturated carbocycles. The molecule has 4 aliphatic rings. The van der Waals surface area contributed by atoms with Gasteiger partial charge in [0.15, 0.2) is 5.82 Å². The van der Waals surface area contributed by atoms with Gasteiger partial charge in [-0.1, -0.05) is 115 Å². The van der Waals surface area contributed by atoms with Gasteiger partial charge in [-0.05, 0) is 109 Å². The van der Waals surface area contributed by atoms with E-state index in [0.29, 0.717) is 17.7 Å². The monoisotopic (exact) mass is 697 g/mol. The minimum atomic E-state index is 0.250. The van der Waals surface area contributed by atoms with Crippen molar-refractivity contribution in [1.82, 2.24) is 24.1 Å². The molecule has 6 aromatic carbocycles. The highest BCUT2D eigenvalue weighted by Crippen LogP contribution is 2.62. The van der Waals surface area contributed by atoms with Gasteiger partial charge in [0.05, 0.1) is 22.1 Å². The highest BCUT2D eigenvalue weighted by molar-refractivity contribution is 6.10. The van der Waals surface area contributed by atoms with E-state index in [1.54, 1.807) is 0 Å². The van der Waals surface area contributed by atoms with Gasteiger partial charge in [0.25, 0.3) is 0 Å². The minimum Gasteiger partial charge on any atom is -0.278 e. The summed E-state index contributed by atoms with van der Waals surface area (Å²) in [5.74, 6) is 4.50. The third-order valence-electron chi connectivity index (χ3n) is 13.1. The van der Waals surface area contributed by atoms with Gasteiger partial charge in [-0.2, -0.15) is 15.0 Å². The number of fused-ring (bicyclic) bond motifs is 6. The second-order valence-electron chi connectivity index (χ2n) is 16.3. The summed E-state index contributed by atoms with van der Waals surface area (Å²) in [7, 11) is 0. The van der Waals surface area contributed by atoms with E-state index in [1.807, 2.05) is 0 Å². The molecule has 0 atom stereocenters. The van der Waals surface area contributed by atoms with Crippen molar-refractivity contribution >= 4 is 43.6 Å². The lowest BCUT2D eigenvalue weighted by atomic mass is 9.47. The average molecular weight is 698 g/mol. The lowest BCUT2D eigenvalue weighted by Crippen LogP contribution is -2.48. The van der Waals surface area contributed by atoms with E-state index in [1.165, 1.54) is 76.8 Å². The summed E-state index contributed by atoms with van der Waals surface area (Å²) in [4.78, 5) is 16.2. The Labute approximate surface area is 314 Å². The first-order chi connectivity index (χ1) is 26.7. The van der Waals surface area contributed by atoms with Crippen LogP contribution >= 0.6 is 0 Å². The molecule has 4 bridgehead atoms. The van der Waals surface area contributed by atoms with Crippen molar-refractivity contribution in [3.8, 4) is 34.4 Å². The maximum Gasteiger partial charge on any atom is 0.240 e. The fraction of sp³-hybridized carbons (Fsp3) is 0.204. The maximum atomic E-state index is 5.40. The molecule has 5 heteroatoms. The fourth-order valence-corrected chi connectivity index (χ4v) is 11.4. The zero-order chi connectivity index (χ0) is 35.4. The Morgan fingerprint density at radius 1 is 0.426 bits per heavy atom. The summed E-state index contributed by atoms with van der Waals surface area (Å²) in [6.45, 7) is 0. The topological polar surface area (TPSA) is 48.5 Å². The van der Waals surface area contributed by atoms with Crippen LogP contribution in [-0.2, 0) is 5.41 Å².